The summed E-state index contributed by atoms with van der Waals surface area (Å²) in [5.74, 6) is -0.232. The van der Waals surface area contributed by atoms with Crippen molar-refractivity contribution in [2.45, 2.75) is 12.3 Å². The summed E-state index contributed by atoms with van der Waals surface area (Å²) in [5.41, 5.74) is 1.81. The van der Waals surface area contributed by atoms with Crippen LogP contribution in [0.15, 0.2) is 53.0 Å². The first-order valence-electron chi connectivity index (χ1n) is 8.12. The minimum atomic E-state index is -3.30. The van der Waals surface area contributed by atoms with E-state index in [9.17, 15) is 12.8 Å². The van der Waals surface area contributed by atoms with Gasteiger partial charge >= 0.3 is 0 Å². The lowest BCUT2D eigenvalue weighted by atomic mass is 10.2. The molecular weight excluding hydrogens is 407 g/mol. The number of nitrogens with zero attached hydrogens (tertiary/aromatic N) is 2. The van der Waals surface area contributed by atoms with Crippen LogP contribution in [-0.4, -0.2) is 43.8 Å². The van der Waals surface area contributed by atoms with Crippen molar-refractivity contribution in [1.82, 2.24) is 9.21 Å². The maximum Gasteiger partial charge on any atom is 0.218 e. The van der Waals surface area contributed by atoms with Gasteiger partial charge in [-0.05, 0) is 23.3 Å². The van der Waals surface area contributed by atoms with E-state index in [-0.39, 0.29) is 11.6 Å². The first-order chi connectivity index (χ1) is 11.9. The number of halogens is 2. The summed E-state index contributed by atoms with van der Waals surface area (Å²) in [4.78, 5) is 2.19. The molecule has 1 saturated heterocycles. The number of sulfonamides is 1. The minimum Gasteiger partial charge on any atom is -0.296 e. The Labute approximate surface area is 156 Å². The van der Waals surface area contributed by atoms with Gasteiger partial charge in [-0.15, -0.1) is 0 Å². The molecule has 3 rings (SSSR count). The summed E-state index contributed by atoms with van der Waals surface area (Å²) in [6.07, 6.45) is 0. The first-order valence-corrected chi connectivity index (χ1v) is 10.5. The highest BCUT2D eigenvalue weighted by atomic mass is 79.9. The van der Waals surface area contributed by atoms with Crippen LogP contribution < -0.4 is 0 Å². The Morgan fingerprint density at radius 1 is 1.00 bits per heavy atom. The van der Waals surface area contributed by atoms with E-state index in [1.807, 2.05) is 30.3 Å². The summed E-state index contributed by atoms with van der Waals surface area (Å²) < 4.78 is 40.6. The van der Waals surface area contributed by atoms with Crippen molar-refractivity contribution in [3.05, 3.63) is 69.9 Å². The minimum absolute atomic E-state index is 0.0390. The molecule has 1 aliphatic rings. The SMILES string of the molecule is O=S(=O)(Cc1ccccc1)N1CCN(Cc2ccc(F)cc2Br)CC1. The molecule has 1 aliphatic heterocycles. The fraction of sp³-hybridized carbons (Fsp3) is 0.333. The summed E-state index contributed by atoms with van der Waals surface area (Å²) in [6.45, 7) is 2.96. The van der Waals surface area contributed by atoms with Crippen molar-refractivity contribution in [2.24, 2.45) is 0 Å². The molecule has 0 bridgehead atoms. The molecule has 0 spiro atoms. The lowest BCUT2D eigenvalue weighted by molar-refractivity contribution is 0.181. The van der Waals surface area contributed by atoms with Gasteiger partial charge in [-0.2, -0.15) is 4.31 Å². The maximum atomic E-state index is 13.2. The second-order valence-electron chi connectivity index (χ2n) is 6.15. The molecule has 0 radical (unpaired) electrons. The van der Waals surface area contributed by atoms with Crippen LogP contribution in [0.4, 0.5) is 4.39 Å². The molecule has 1 fully saturated rings. The van der Waals surface area contributed by atoms with Crippen molar-refractivity contribution in [1.29, 1.82) is 0 Å². The molecule has 25 heavy (non-hydrogen) atoms. The monoisotopic (exact) mass is 426 g/mol. The summed E-state index contributed by atoms with van der Waals surface area (Å²) in [6, 6.07) is 13.9. The predicted molar refractivity (Wildman–Crippen MR) is 100 cm³/mol. The molecule has 0 aromatic heterocycles. The number of rotatable bonds is 5. The van der Waals surface area contributed by atoms with Crippen LogP contribution in [0.5, 0.6) is 0 Å². The van der Waals surface area contributed by atoms with Crippen molar-refractivity contribution in [3.8, 4) is 0 Å². The van der Waals surface area contributed by atoms with Crippen molar-refractivity contribution in [3.63, 3.8) is 0 Å². The van der Waals surface area contributed by atoms with Crippen LogP contribution in [0.3, 0.4) is 0 Å². The first kappa shape index (κ1) is 18.5. The third-order valence-electron chi connectivity index (χ3n) is 4.33. The van der Waals surface area contributed by atoms with Crippen molar-refractivity contribution in [2.75, 3.05) is 26.2 Å². The highest BCUT2D eigenvalue weighted by Gasteiger charge is 2.27. The molecule has 0 saturated carbocycles. The van der Waals surface area contributed by atoms with E-state index in [1.165, 1.54) is 12.1 Å². The molecule has 0 atom stereocenters. The van der Waals surface area contributed by atoms with E-state index in [0.717, 1.165) is 15.6 Å². The zero-order chi connectivity index (χ0) is 17.9. The van der Waals surface area contributed by atoms with E-state index in [4.69, 9.17) is 0 Å². The van der Waals surface area contributed by atoms with Crippen molar-refractivity contribution < 1.29 is 12.8 Å². The Balaban J connectivity index is 1.58. The molecule has 134 valence electrons. The molecule has 0 aliphatic carbocycles. The average molecular weight is 427 g/mol. The van der Waals surface area contributed by atoms with Gasteiger partial charge in [0.2, 0.25) is 10.0 Å². The normalized spacial score (nSPS) is 16.9. The van der Waals surface area contributed by atoms with Gasteiger partial charge in [0.25, 0.3) is 0 Å². The van der Waals surface area contributed by atoms with E-state index in [1.54, 1.807) is 10.4 Å². The lowest BCUT2D eigenvalue weighted by Crippen LogP contribution is -2.48. The zero-order valence-electron chi connectivity index (χ0n) is 13.7. The second-order valence-corrected chi connectivity index (χ2v) is 8.98. The number of hydrogen-bond acceptors (Lipinski definition) is 3. The standard InChI is InChI=1S/C18H20BrFN2O2S/c19-18-12-17(20)7-6-16(18)13-21-8-10-22(11-9-21)25(23,24)14-15-4-2-1-3-5-15/h1-7,12H,8-11,13-14H2. The van der Waals surface area contributed by atoms with E-state index in [0.29, 0.717) is 32.7 Å². The molecule has 7 heteroatoms. The van der Waals surface area contributed by atoms with Crippen molar-refractivity contribution >= 4 is 26.0 Å². The van der Waals surface area contributed by atoms with Gasteiger partial charge in [0.1, 0.15) is 5.82 Å². The molecule has 0 amide bonds. The Morgan fingerprint density at radius 2 is 1.68 bits per heavy atom. The van der Waals surface area contributed by atoms with Gasteiger partial charge in [-0.3, -0.25) is 4.90 Å². The molecule has 4 nitrogen and oxygen atoms in total. The number of piperazine rings is 1. The number of benzene rings is 2. The summed E-state index contributed by atoms with van der Waals surface area (Å²) in [5, 5.41) is 0. The zero-order valence-corrected chi connectivity index (χ0v) is 16.1. The van der Waals surface area contributed by atoms with Crippen LogP contribution >= 0.6 is 15.9 Å². The predicted octanol–water partition coefficient (Wildman–Crippen LogP) is 3.24. The molecule has 2 aromatic carbocycles. The topological polar surface area (TPSA) is 40.6 Å². The van der Waals surface area contributed by atoms with Gasteiger partial charge in [-0.1, -0.05) is 52.3 Å². The summed E-state index contributed by atoms with van der Waals surface area (Å²) >= 11 is 3.38. The average Bonchev–Trinajstić information content (AvgIpc) is 2.58. The van der Waals surface area contributed by atoms with Crippen LogP contribution in [0.1, 0.15) is 11.1 Å². The lowest BCUT2D eigenvalue weighted by Gasteiger charge is -2.34. The Morgan fingerprint density at radius 3 is 2.32 bits per heavy atom. The second kappa shape index (κ2) is 7.95. The molecule has 0 N–H and O–H groups in total. The van der Waals surface area contributed by atoms with Gasteiger partial charge in [0.05, 0.1) is 5.75 Å². The van der Waals surface area contributed by atoms with Gasteiger partial charge < -0.3 is 0 Å². The summed E-state index contributed by atoms with van der Waals surface area (Å²) in [7, 11) is -3.30. The fourth-order valence-electron chi connectivity index (χ4n) is 2.93. The molecular formula is C18H20BrFN2O2S. The fourth-order valence-corrected chi connectivity index (χ4v) is 4.92. The van der Waals surface area contributed by atoms with Gasteiger partial charge in [0.15, 0.2) is 0 Å². The quantitative estimate of drug-likeness (QED) is 0.736. The number of hydrogen-bond donors (Lipinski definition) is 0. The highest BCUT2D eigenvalue weighted by Crippen LogP contribution is 2.21. The molecule has 0 unspecified atom stereocenters. The van der Waals surface area contributed by atoms with E-state index >= 15 is 0 Å². The van der Waals surface area contributed by atoms with Crippen LogP contribution in [0.25, 0.3) is 0 Å². The third-order valence-corrected chi connectivity index (χ3v) is 6.91. The largest absolute Gasteiger partial charge is 0.296 e. The Bertz CT molecular complexity index is 822. The Hall–Kier alpha value is -1.28. The Kier molecular flexibility index (Phi) is 5.89. The maximum absolute atomic E-state index is 13.2. The van der Waals surface area contributed by atoms with Gasteiger partial charge in [-0.25, -0.2) is 12.8 Å². The molecule has 2 aromatic rings. The smallest absolute Gasteiger partial charge is 0.218 e. The highest BCUT2D eigenvalue weighted by molar-refractivity contribution is 9.10. The van der Waals surface area contributed by atoms with E-state index < -0.39 is 10.0 Å². The van der Waals surface area contributed by atoms with Crippen LogP contribution in [0, 0.1) is 5.82 Å². The molecule has 1 heterocycles. The van der Waals surface area contributed by atoms with Gasteiger partial charge in [0, 0.05) is 37.2 Å². The third kappa shape index (κ3) is 4.88. The van der Waals surface area contributed by atoms with E-state index in [2.05, 4.69) is 20.8 Å². The van der Waals surface area contributed by atoms with Crippen LogP contribution in [0.2, 0.25) is 0 Å². The van der Waals surface area contributed by atoms with Crippen LogP contribution in [-0.2, 0) is 22.3 Å².